The van der Waals surface area contributed by atoms with Gasteiger partial charge in [-0.1, -0.05) is 13.8 Å². The molecule has 16 heteroatoms. The molecule has 2 atom stereocenters. The van der Waals surface area contributed by atoms with E-state index in [0.29, 0.717) is 6.42 Å². The summed E-state index contributed by atoms with van der Waals surface area (Å²) >= 11 is 0. The van der Waals surface area contributed by atoms with Gasteiger partial charge >= 0.3 is 0 Å². The lowest BCUT2D eigenvalue weighted by Gasteiger charge is -2.21. The Bertz CT molecular complexity index is 817. The minimum atomic E-state index is -1.06. The lowest BCUT2D eigenvalue weighted by atomic mass is 10.1. The summed E-state index contributed by atoms with van der Waals surface area (Å²) in [5, 5.41) is 39.5. The van der Waals surface area contributed by atoms with Crippen molar-refractivity contribution >= 4 is 29.5 Å². The van der Waals surface area contributed by atoms with Gasteiger partial charge in [0.15, 0.2) is 0 Å². The quantitative estimate of drug-likeness (QED) is 0.0413. The molecule has 0 aromatic rings. The van der Waals surface area contributed by atoms with Gasteiger partial charge in [0.2, 0.25) is 29.5 Å². The van der Waals surface area contributed by atoms with Crippen LogP contribution in [0.15, 0.2) is 0 Å². The lowest BCUT2D eigenvalue weighted by Crippen LogP contribution is -2.50. The fraction of sp³-hybridized carbons (Fsp3) is 0.821. The Kier molecular flexibility index (Phi) is 25.8. The molecule has 0 heterocycles. The Hall–Kier alpha value is -2.89. The fourth-order valence-electron chi connectivity index (χ4n) is 3.63. The summed E-state index contributed by atoms with van der Waals surface area (Å²) in [5.41, 5.74) is 0. The Morgan fingerprint density at radius 2 is 0.886 bits per heavy atom. The van der Waals surface area contributed by atoms with E-state index in [1.807, 2.05) is 13.8 Å². The highest BCUT2D eigenvalue weighted by Crippen LogP contribution is 2.06. The van der Waals surface area contributed by atoms with Gasteiger partial charge in [0, 0.05) is 38.9 Å². The molecule has 0 fully saturated rings. The summed E-state index contributed by atoms with van der Waals surface area (Å²) in [6, 6.07) is -2.07. The van der Waals surface area contributed by atoms with Crippen LogP contribution in [0.1, 0.15) is 52.4 Å². The van der Waals surface area contributed by atoms with Crippen LogP contribution in [0.3, 0.4) is 0 Å². The number of aliphatic hydroxyl groups is 3. The van der Waals surface area contributed by atoms with Crippen LogP contribution < -0.4 is 26.6 Å². The van der Waals surface area contributed by atoms with Crippen molar-refractivity contribution in [2.24, 2.45) is 5.92 Å². The summed E-state index contributed by atoms with van der Waals surface area (Å²) in [6.07, 6.45) is 0.520. The highest BCUT2D eigenvalue weighted by molar-refractivity contribution is 5.90. The van der Waals surface area contributed by atoms with Gasteiger partial charge in [0.05, 0.1) is 59.5 Å². The topological polar surface area (TPSA) is 234 Å². The van der Waals surface area contributed by atoms with Gasteiger partial charge in [-0.25, -0.2) is 0 Å². The summed E-state index contributed by atoms with van der Waals surface area (Å²) in [7, 11) is 0. The number of aliphatic hydroxyl groups excluding tert-OH is 3. The van der Waals surface area contributed by atoms with Crippen molar-refractivity contribution in [3.8, 4) is 0 Å². The molecule has 0 saturated heterocycles. The Labute approximate surface area is 259 Å². The molecule has 0 saturated carbocycles. The van der Waals surface area contributed by atoms with E-state index in [1.54, 1.807) is 0 Å². The number of hydrogen-bond acceptors (Lipinski definition) is 11. The molecule has 44 heavy (non-hydrogen) atoms. The van der Waals surface area contributed by atoms with Crippen LogP contribution in [0.5, 0.6) is 0 Å². The van der Waals surface area contributed by atoms with E-state index in [9.17, 15) is 24.0 Å². The zero-order chi connectivity index (χ0) is 33.0. The number of nitrogens with one attached hydrogen (secondary N) is 5. The van der Waals surface area contributed by atoms with Gasteiger partial charge in [-0.05, 0) is 25.2 Å². The molecule has 2 unspecified atom stereocenters. The Balaban J connectivity index is 5.18. The summed E-state index contributed by atoms with van der Waals surface area (Å²) < 4.78 is 15.3. The molecule has 0 rings (SSSR count). The molecule has 0 aliphatic carbocycles. The van der Waals surface area contributed by atoms with E-state index in [2.05, 4.69) is 26.6 Å². The second-order valence-corrected chi connectivity index (χ2v) is 10.2. The van der Waals surface area contributed by atoms with E-state index < -0.39 is 29.8 Å². The van der Waals surface area contributed by atoms with Gasteiger partial charge in [0.25, 0.3) is 0 Å². The molecule has 0 aromatic heterocycles. The van der Waals surface area contributed by atoms with Crippen LogP contribution in [0, 0.1) is 5.92 Å². The molecule has 0 radical (unpaired) electrons. The van der Waals surface area contributed by atoms with Crippen LogP contribution in [0.25, 0.3) is 0 Å². The van der Waals surface area contributed by atoms with Crippen molar-refractivity contribution in [2.45, 2.75) is 64.5 Å². The third-order valence-electron chi connectivity index (χ3n) is 5.94. The van der Waals surface area contributed by atoms with E-state index in [1.165, 1.54) is 0 Å². The lowest BCUT2D eigenvalue weighted by molar-refractivity contribution is -0.131. The zero-order valence-corrected chi connectivity index (χ0v) is 26.1. The maximum absolute atomic E-state index is 12.9. The van der Waals surface area contributed by atoms with E-state index >= 15 is 0 Å². The standard InChI is InChI=1S/C28H53N5O11/c1-21(2)3-6-25(38)32-23(28(41)31-11-17-44-20-14-36)5-8-26(39)33-22(27(40)30-10-16-43-19-13-35)4-7-24(37)29-9-15-42-18-12-34/h21-23,34-36H,3-20H2,1-2H3,(H,29,37)(H,30,40)(H,31,41)(H,32,38)(H,33,39). The molecule has 0 aromatic carbocycles. The first-order valence-electron chi connectivity index (χ1n) is 15.1. The van der Waals surface area contributed by atoms with Crippen LogP contribution in [0.4, 0.5) is 0 Å². The highest BCUT2D eigenvalue weighted by atomic mass is 16.5. The number of carbonyl (C=O) groups excluding carboxylic acids is 5. The van der Waals surface area contributed by atoms with Crippen LogP contribution in [-0.2, 0) is 38.2 Å². The zero-order valence-electron chi connectivity index (χ0n) is 26.1. The number of carbonyl (C=O) groups is 5. The molecule has 5 amide bonds. The SMILES string of the molecule is CC(C)CCC(=O)NC(CCC(=O)NC(CCC(=O)NCCOCCO)C(=O)NCCOCCO)C(=O)NCCOCCO. The largest absolute Gasteiger partial charge is 0.394 e. The molecule has 0 spiro atoms. The fourth-order valence-corrected chi connectivity index (χ4v) is 3.63. The molecule has 0 bridgehead atoms. The molecular formula is C28H53N5O11. The maximum Gasteiger partial charge on any atom is 0.242 e. The first-order chi connectivity index (χ1) is 21.1. The first kappa shape index (κ1) is 41.1. The number of rotatable bonds is 28. The number of ether oxygens (including phenoxy) is 3. The van der Waals surface area contributed by atoms with E-state index in [0.717, 1.165) is 0 Å². The Morgan fingerprint density at radius 3 is 1.27 bits per heavy atom. The van der Waals surface area contributed by atoms with Gasteiger partial charge in [-0.15, -0.1) is 0 Å². The summed E-state index contributed by atoms with van der Waals surface area (Å²) in [5.74, 6) is -2.00. The average Bonchev–Trinajstić information content (AvgIpc) is 2.99. The molecule has 256 valence electrons. The van der Waals surface area contributed by atoms with Crippen LogP contribution in [-0.4, -0.2) is 136 Å². The van der Waals surface area contributed by atoms with Crippen molar-refractivity contribution in [1.29, 1.82) is 0 Å². The predicted octanol–water partition coefficient (Wildman–Crippen LogP) is -2.67. The number of hydrogen-bond donors (Lipinski definition) is 8. The predicted molar refractivity (Wildman–Crippen MR) is 159 cm³/mol. The van der Waals surface area contributed by atoms with Crippen molar-refractivity contribution in [1.82, 2.24) is 26.6 Å². The van der Waals surface area contributed by atoms with Gasteiger partial charge < -0.3 is 56.1 Å². The van der Waals surface area contributed by atoms with Crippen molar-refractivity contribution in [2.75, 3.05) is 79.1 Å². The van der Waals surface area contributed by atoms with Crippen LogP contribution >= 0.6 is 0 Å². The van der Waals surface area contributed by atoms with Crippen molar-refractivity contribution < 1.29 is 53.5 Å². The number of amides is 5. The Morgan fingerprint density at radius 1 is 0.523 bits per heavy atom. The third-order valence-corrected chi connectivity index (χ3v) is 5.94. The molecule has 16 nitrogen and oxygen atoms in total. The van der Waals surface area contributed by atoms with E-state index in [4.69, 9.17) is 29.5 Å². The van der Waals surface area contributed by atoms with E-state index in [-0.39, 0.29) is 129 Å². The molecule has 0 aliphatic rings. The molecule has 0 aliphatic heterocycles. The van der Waals surface area contributed by atoms with Gasteiger partial charge in [-0.2, -0.15) is 0 Å². The first-order valence-corrected chi connectivity index (χ1v) is 15.1. The van der Waals surface area contributed by atoms with Gasteiger partial charge in [-0.3, -0.25) is 24.0 Å². The highest BCUT2D eigenvalue weighted by Gasteiger charge is 2.25. The smallest absolute Gasteiger partial charge is 0.242 e. The molecular weight excluding hydrogens is 582 g/mol. The van der Waals surface area contributed by atoms with Crippen LogP contribution in [0.2, 0.25) is 0 Å². The van der Waals surface area contributed by atoms with Crippen molar-refractivity contribution in [3.05, 3.63) is 0 Å². The average molecular weight is 636 g/mol. The monoisotopic (exact) mass is 635 g/mol. The second kappa shape index (κ2) is 27.6. The third kappa shape index (κ3) is 23.6. The normalized spacial score (nSPS) is 12.3. The van der Waals surface area contributed by atoms with Gasteiger partial charge in [0.1, 0.15) is 12.1 Å². The second-order valence-electron chi connectivity index (χ2n) is 10.2. The summed E-state index contributed by atoms with van der Waals surface area (Å²) in [6.45, 7) is 4.85. The maximum atomic E-state index is 12.9. The van der Waals surface area contributed by atoms with Crippen molar-refractivity contribution in [3.63, 3.8) is 0 Å². The molecule has 8 N–H and O–H groups in total. The minimum absolute atomic E-state index is 0.0118. The minimum Gasteiger partial charge on any atom is -0.394 e. The summed E-state index contributed by atoms with van der Waals surface area (Å²) in [4.78, 5) is 63.2.